The van der Waals surface area contributed by atoms with Gasteiger partial charge in [-0.15, -0.1) is 0 Å². The summed E-state index contributed by atoms with van der Waals surface area (Å²) in [6.45, 7) is 1.21. The number of aryl methyl sites for hydroxylation is 1. The Morgan fingerprint density at radius 1 is 1.30 bits per heavy atom. The van der Waals surface area contributed by atoms with Gasteiger partial charge < -0.3 is 9.32 Å². The molecule has 0 radical (unpaired) electrons. The van der Waals surface area contributed by atoms with Crippen LogP contribution < -0.4 is 10.3 Å². The SMILES string of the molecule is O=C(CN1CCCc2ccccc21)NN=C/C=C\c1ccco1. The maximum Gasteiger partial charge on any atom is 0.259 e. The third kappa shape index (κ3) is 4.10. The first-order chi connectivity index (χ1) is 11.3. The van der Waals surface area contributed by atoms with Crippen molar-refractivity contribution >= 4 is 23.9 Å². The highest BCUT2D eigenvalue weighted by atomic mass is 16.3. The van der Waals surface area contributed by atoms with Crippen LogP contribution in [-0.2, 0) is 11.2 Å². The maximum absolute atomic E-state index is 12.0. The lowest BCUT2D eigenvalue weighted by Crippen LogP contribution is -2.38. The van der Waals surface area contributed by atoms with Crippen LogP contribution in [0, 0.1) is 0 Å². The number of hydrazone groups is 1. The van der Waals surface area contributed by atoms with E-state index in [0.717, 1.165) is 30.8 Å². The predicted molar refractivity (Wildman–Crippen MR) is 91.4 cm³/mol. The van der Waals surface area contributed by atoms with Gasteiger partial charge in [-0.05, 0) is 48.8 Å². The van der Waals surface area contributed by atoms with Gasteiger partial charge in [0.05, 0.1) is 12.8 Å². The molecular weight excluding hydrogens is 290 g/mol. The van der Waals surface area contributed by atoms with Crippen molar-refractivity contribution in [1.82, 2.24) is 5.43 Å². The van der Waals surface area contributed by atoms with Gasteiger partial charge in [0.15, 0.2) is 0 Å². The smallest absolute Gasteiger partial charge is 0.259 e. The summed E-state index contributed by atoms with van der Waals surface area (Å²) in [6.07, 6.45) is 8.77. The van der Waals surface area contributed by atoms with E-state index < -0.39 is 0 Å². The third-order valence-corrected chi connectivity index (χ3v) is 3.69. The Balaban J connectivity index is 1.50. The fourth-order valence-corrected chi connectivity index (χ4v) is 2.66. The number of fused-ring (bicyclic) bond motifs is 1. The number of hydrogen-bond donors (Lipinski definition) is 1. The Morgan fingerprint density at radius 3 is 3.09 bits per heavy atom. The Kier molecular flexibility index (Phi) is 4.88. The molecule has 2 aromatic rings. The Bertz CT molecular complexity index is 705. The molecule has 0 saturated heterocycles. The second kappa shape index (κ2) is 7.45. The summed E-state index contributed by atoms with van der Waals surface area (Å²) in [7, 11) is 0. The number of anilines is 1. The molecule has 0 spiro atoms. The van der Waals surface area contributed by atoms with Crippen LogP contribution in [0.2, 0.25) is 0 Å². The Labute approximate surface area is 135 Å². The van der Waals surface area contributed by atoms with Crippen LogP contribution in [0.25, 0.3) is 6.08 Å². The third-order valence-electron chi connectivity index (χ3n) is 3.69. The van der Waals surface area contributed by atoms with Crippen LogP contribution >= 0.6 is 0 Å². The van der Waals surface area contributed by atoms with Gasteiger partial charge in [0.2, 0.25) is 0 Å². The molecule has 1 amide bonds. The quantitative estimate of drug-likeness (QED) is 0.682. The van der Waals surface area contributed by atoms with Crippen molar-refractivity contribution in [2.45, 2.75) is 12.8 Å². The lowest BCUT2D eigenvalue weighted by atomic mass is 10.0. The van der Waals surface area contributed by atoms with Crippen molar-refractivity contribution in [3.8, 4) is 0 Å². The molecule has 23 heavy (non-hydrogen) atoms. The van der Waals surface area contributed by atoms with Gasteiger partial charge in [-0.3, -0.25) is 4.79 Å². The van der Waals surface area contributed by atoms with E-state index in [-0.39, 0.29) is 5.91 Å². The van der Waals surface area contributed by atoms with Crippen molar-refractivity contribution in [2.24, 2.45) is 5.10 Å². The van der Waals surface area contributed by atoms with Crippen LogP contribution in [0.5, 0.6) is 0 Å². The zero-order valence-electron chi connectivity index (χ0n) is 12.8. The highest BCUT2D eigenvalue weighted by Crippen LogP contribution is 2.26. The van der Waals surface area contributed by atoms with E-state index in [1.165, 1.54) is 11.8 Å². The number of carbonyl (C=O) groups is 1. The molecule has 0 aliphatic carbocycles. The number of benzene rings is 1. The lowest BCUT2D eigenvalue weighted by molar-refractivity contribution is -0.119. The van der Waals surface area contributed by atoms with Crippen LogP contribution in [-0.4, -0.2) is 25.2 Å². The van der Waals surface area contributed by atoms with E-state index in [1.807, 2.05) is 24.3 Å². The summed E-state index contributed by atoms with van der Waals surface area (Å²) in [5.41, 5.74) is 5.00. The number of carbonyl (C=O) groups excluding carboxylic acids is 1. The van der Waals surface area contributed by atoms with E-state index >= 15 is 0 Å². The molecule has 2 heterocycles. The molecule has 1 N–H and O–H groups in total. The van der Waals surface area contributed by atoms with Crippen LogP contribution in [0.3, 0.4) is 0 Å². The number of para-hydroxylation sites is 1. The lowest BCUT2D eigenvalue weighted by Gasteiger charge is -2.30. The van der Waals surface area contributed by atoms with Crippen molar-refractivity contribution < 1.29 is 9.21 Å². The highest BCUT2D eigenvalue weighted by molar-refractivity contribution is 5.84. The van der Waals surface area contributed by atoms with Crippen molar-refractivity contribution in [2.75, 3.05) is 18.0 Å². The second-order valence-corrected chi connectivity index (χ2v) is 5.34. The number of furan rings is 1. The molecule has 0 saturated carbocycles. The highest BCUT2D eigenvalue weighted by Gasteiger charge is 2.18. The van der Waals surface area contributed by atoms with Crippen molar-refractivity contribution in [3.05, 3.63) is 60.1 Å². The van der Waals surface area contributed by atoms with Crippen LogP contribution in [0.15, 0.2) is 58.3 Å². The molecule has 5 nitrogen and oxygen atoms in total. The standard InChI is InChI=1S/C18H19N3O2/c22-18(20-19-11-3-8-16-9-5-13-23-16)14-21-12-4-7-15-6-1-2-10-17(15)21/h1-3,5-6,8-11,13H,4,7,12,14H2,(H,20,22)/b8-3-,19-11?. The molecule has 0 fully saturated rings. The molecule has 118 valence electrons. The van der Waals surface area contributed by atoms with Gasteiger partial charge in [0.1, 0.15) is 5.76 Å². The Morgan fingerprint density at radius 2 is 2.22 bits per heavy atom. The Hall–Kier alpha value is -2.82. The normalized spacial score (nSPS) is 14.3. The second-order valence-electron chi connectivity index (χ2n) is 5.34. The molecule has 0 atom stereocenters. The number of nitrogens with one attached hydrogen (secondary N) is 1. The molecule has 1 aromatic heterocycles. The van der Waals surface area contributed by atoms with E-state index in [4.69, 9.17) is 4.42 Å². The summed E-state index contributed by atoms with van der Waals surface area (Å²) in [4.78, 5) is 14.1. The number of nitrogens with zero attached hydrogens (tertiary/aromatic N) is 2. The number of hydrogen-bond acceptors (Lipinski definition) is 4. The average Bonchev–Trinajstić information content (AvgIpc) is 3.08. The van der Waals surface area contributed by atoms with E-state index in [9.17, 15) is 4.79 Å². The minimum absolute atomic E-state index is 0.121. The average molecular weight is 309 g/mol. The van der Waals surface area contributed by atoms with E-state index in [2.05, 4.69) is 27.6 Å². The van der Waals surface area contributed by atoms with Gasteiger partial charge in [0.25, 0.3) is 5.91 Å². The van der Waals surface area contributed by atoms with E-state index in [0.29, 0.717) is 6.54 Å². The zero-order valence-corrected chi connectivity index (χ0v) is 12.8. The van der Waals surface area contributed by atoms with Gasteiger partial charge in [0, 0.05) is 18.4 Å². The van der Waals surface area contributed by atoms with Gasteiger partial charge >= 0.3 is 0 Å². The first-order valence-corrected chi connectivity index (χ1v) is 7.68. The summed E-state index contributed by atoms with van der Waals surface area (Å²) >= 11 is 0. The van der Waals surface area contributed by atoms with E-state index in [1.54, 1.807) is 18.4 Å². The van der Waals surface area contributed by atoms with Crippen LogP contribution in [0.1, 0.15) is 17.7 Å². The van der Waals surface area contributed by atoms with Crippen molar-refractivity contribution in [1.29, 1.82) is 0 Å². The monoisotopic (exact) mass is 309 g/mol. The molecule has 0 bridgehead atoms. The summed E-state index contributed by atoms with van der Waals surface area (Å²) in [6, 6.07) is 11.9. The van der Waals surface area contributed by atoms with Gasteiger partial charge in [-0.1, -0.05) is 18.2 Å². The first-order valence-electron chi connectivity index (χ1n) is 7.68. The van der Waals surface area contributed by atoms with Gasteiger partial charge in [-0.2, -0.15) is 5.10 Å². The number of allylic oxidation sites excluding steroid dienone is 1. The summed E-state index contributed by atoms with van der Waals surface area (Å²) in [5, 5.41) is 3.91. The summed E-state index contributed by atoms with van der Waals surface area (Å²) in [5.74, 6) is 0.622. The first kappa shape index (κ1) is 15.1. The topological polar surface area (TPSA) is 57.8 Å². The predicted octanol–water partition coefficient (Wildman–Crippen LogP) is 2.85. The molecule has 1 aliphatic heterocycles. The molecule has 3 rings (SSSR count). The molecular formula is C18H19N3O2. The van der Waals surface area contributed by atoms with Gasteiger partial charge in [-0.25, -0.2) is 5.43 Å². The number of rotatable bonds is 5. The summed E-state index contributed by atoms with van der Waals surface area (Å²) < 4.78 is 5.15. The molecule has 5 heteroatoms. The minimum atomic E-state index is -0.121. The molecule has 1 aromatic carbocycles. The minimum Gasteiger partial charge on any atom is -0.465 e. The maximum atomic E-state index is 12.0. The fraction of sp³-hybridized carbons (Fsp3) is 0.222. The molecule has 0 unspecified atom stereocenters. The van der Waals surface area contributed by atoms with Crippen molar-refractivity contribution in [3.63, 3.8) is 0 Å². The zero-order chi connectivity index (χ0) is 15.9. The van der Waals surface area contributed by atoms with Crippen LogP contribution in [0.4, 0.5) is 5.69 Å². The largest absolute Gasteiger partial charge is 0.465 e. The molecule has 1 aliphatic rings. The fourth-order valence-electron chi connectivity index (χ4n) is 2.66. The number of amides is 1.